The van der Waals surface area contributed by atoms with Crippen molar-refractivity contribution in [2.75, 3.05) is 4.90 Å². The summed E-state index contributed by atoms with van der Waals surface area (Å²) < 4.78 is 5.36. The van der Waals surface area contributed by atoms with Crippen LogP contribution in [-0.2, 0) is 5.41 Å². The maximum Gasteiger partial charge on any atom is 0.159 e. The minimum atomic E-state index is -0.197. The molecule has 1 aromatic heterocycles. The number of rotatable bonds is 5. The summed E-state index contributed by atoms with van der Waals surface area (Å²) in [6.07, 6.45) is 8.35. The van der Waals surface area contributed by atoms with Crippen molar-refractivity contribution >= 4 is 45.1 Å². The van der Waals surface area contributed by atoms with Gasteiger partial charge in [-0.05, 0) is 86.2 Å². The van der Waals surface area contributed by atoms with Crippen LogP contribution < -0.4 is 4.90 Å². The largest absolute Gasteiger partial charge is 0.410 e. The van der Waals surface area contributed by atoms with Crippen molar-refractivity contribution in [1.82, 2.24) is 10.3 Å². The van der Waals surface area contributed by atoms with Crippen LogP contribution in [0.15, 0.2) is 142 Å². The van der Waals surface area contributed by atoms with Gasteiger partial charge in [-0.15, -0.1) is 0 Å². The van der Waals surface area contributed by atoms with E-state index in [9.17, 15) is 10.4 Å². The highest BCUT2D eigenvalue weighted by atomic mass is 16.6. The summed E-state index contributed by atoms with van der Waals surface area (Å²) in [4.78, 5) is 1.65. The van der Waals surface area contributed by atoms with E-state index in [0.29, 0.717) is 33.7 Å². The molecule has 4 aromatic carbocycles. The van der Waals surface area contributed by atoms with E-state index in [1.807, 2.05) is 42.5 Å². The van der Waals surface area contributed by atoms with Gasteiger partial charge in [0.25, 0.3) is 0 Å². The lowest BCUT2D eigenvalue weighted by molar-refractivity contribution is 0.315. The van der Waals surface area contributed by atoms with Crippen molar-refractivity contribution in [1.29, 1.82) is 10.8 Å². The third-order valence-electron chi connectivity index (χ3n) is 9.48. The Morgan fingerprint density at radius 1 is 0.694 bits per heavy atom. The van der Waals surface area contributed by atoms with Crippen molar-refractivity contribution < 1.29 is 15.0 Å². The lowest BCUT2D eigenvalue weighted by Gasteiger charge is -2.32. The molecule has 4 N–H and O–H groups in total. The summed E-state index contributed by atoms with van der Waals surface area (Å²) in [6, 6.07) is 28.0. The number of benzene rings is 4. The van der Waals surface area contributed by atoms with Gasteiger partial charge in [0.15, 0.2) is 11.2 Å². The average Bonchev–Trinajstić information content (AvgIpc) is 3.71. The normalized spacial score (nSPS) is 18.0. The van der Waals surface area contributed by atoms with E-state index < -0.39 is 0 Å². The first-order valence-corrected chi connectivity index (χ1v) is 15.6. The van der Waals surface area contributed by atoms with Crippen LogP contribution in [0.1, 0.15) is 30.5 Å². The fraction of sp³-hybridized carbons (Fsp3) is 0.0769. The molecule has 1 heterocycles. The minimum absolute atomic E-state index is 0.0152. The summed E-state index contributed by atoms with van der Waals surface area (Å²) >= 11 is 0. The standard InChI is InChI=1S/C39H29N7O3/c1-39(2)28-12-7-6-11-26(28)27-16-15-23(21-29(27)39)25-18-20-33(38-36(25)44-49-45-38)46(31-14-8-13-30(42-47)35(31)41)32-19-17-24(34(40)37(32)43-48)22-9-4-3-5-10-22/h3-21,40-41,47-48H,1-2H3/b40-34?,41-35?,42-30-,43-37-. The highest BCUT2D eigenvalue weighted by Crippen LogP contribution is 2.50. The number of fused-ring (bicyclic) bond motifs is 4. The lowest BCUT2D eigenvalue weighted by atomic mass is 9.81. The van der Waals surface area contributed by atoms with Gasteiger partial charge >= 0.3 is 0 Å². The molecule has 238 valence electrons. The molecule has 0 unspecified atom stereocenters. The molecule has 3 aliphatic rings. The molecular weight excluding hydrogens is 614 g/mol. The molecule has 0 aliphatic heterocycles. The molecule has 8 rings (SSSR count). The van der Waals surface area contributed by atoms with Crippen molar-refractivity contribution in [3.05, 3.63) is 143 Å². The van der Waals surface area contributed by atoms with Gasteiger partial charge in [0.2, 0.25) is 0 Å². The predicted molar refractivity (Wildman–Crippen MR) is 191 cm³/mol. The molecule has 49 heavy (non-hydrogen) atoms. The van der Waals surface area contributed by atoms with E-state index in [1.54, 1.807) is 29.2 Å². The Bertz CT molecular complexity index is 2430. The summed E-state index contributed by atoms with van der Waals surface area (Å²) in [5, 5.41) is 53.6. The van der Waals surface area contributed by atoms with Crippen LogP contribution in [0, 0.1) is 10.8 Å². The summed E-state index contributed by atoms with van der Waals surface area (Å²) in [7, 11) is 0. The van der Waals surface area contributed by atoms with Crippen LogP contribution in [0.4, 0.5) is 5.69 Å². The number of anilines is 1. The van der Waals surface area contributed by atoms with Gasteiger partial charge in [-0.2, -0.15) is 0 Å². The van der Waals surface area contributed by atoms with Crippen molar-refractivity contribution in [3.63, 3.8) is 0 Å². The Labute approximate surface area is 281 Å². The number of nitrogens with one attached hydrogen (secondary N) is 2. The number of nitrogens with zero attached hydrogens (tertiary/aromatic N) is 5. The second-order valence-corrected chi connectivity index (χ2v) is 12.5. The van der Waals surface area contributed by atoms with E-state index in [-0.39, 0.29) is 28.3 Å². The fourth-order valence-electron chi connectivity index (χ4n) is 7.05. The molecule has 0 fully saturated rings. The summed E-state index contributed by atoms with van der Waals surface area (Å²) in [5.41, 5.74) is 9.61. The Kier molecular flexibility index (Phi) is 6.81. The summed E-state index contributed by atoms with van der Waals surface area (Å²) in [5.74, 6) is 0. The quantitative estimate of drug-likeness (QED) is 0.0861. The number of oxime groups is 2. The van der Waals surface area contributed by atoms with E-state index in [0.717, 1.165) is 16.7 Å². The van der Waals surface area contributed by atoms with Gasteiger partial charge in [-0.3, -0.25) is 10.8 Å². The zero-order valence-electron chi connectivity index (χ0n) is 26.5. The SMILES string of the molecule is CC1(C)c2ccccc2-c2ccc(-c3ccc(N(C4=CC=C/C(=N/O)C4=N)C4=CC=C(c5ccccc5)C(=N)/C4=N\O)c4nonc34)cc21. The van der Waals surface area contributed by atoms with E-state index in [2.05, 4.69) is 76.9 Å². The van der Waals surface area contributed by atoms with E-state index in [1.165, 1.54) is 28.3 Å². The minimum Gasteiger partial charge on any atom is -0.410 e. The molecule has 10 nitrogen and oxygen atoms in total. The van der Waals surface area contributed by atoms with Crippen molar-refractivity contribution in [2.45, 2.75) is 19.3 Å². The predicted octanol–water partition coefficient (Wildman–Crippen LogP) is 8.14. The molecule has 5 aromatic rings. The maximum atomic E-state index is 10.4. The van der Waals surface area contributed by atoms with Crippen molar-refractivity contribution in [3.8, 4) is 22.3 Å². The summed E-state index contributed by atoms with van der Waals surface area (Å²) in [6.45, 7) is 4.46. The van der Waals surface area contributed by atoms with Crippen LogP contribution in [0.5, 0.6) is 0 Å². The second kappa shape index (κ2) is 11.2. The van der Waals surface area contributed by atoms with E-state index >= 15 is 0 Å². The van der Waals surface area contributed by atoms with Gasteiger partial charge in [0.05, 0.1) is 22.8 Å². The average molecular weight is 644 g/mol. The van der Waals surface area contributed by atoms with Crippen LogP contribution in [-0.4, -0.2) is 43.6 Å². The zero-order chi connectivity index (χ0) is 33.9. The van der Waals surface area contributed by atoms with Crippen LogP contribution in [0.25, 0.3) is 38.9 Å². The first-order valence-electron chi connectivity index (χ1n) is 15.6. The highest BCUT2D eigenvalue weighted by molar-refractivity contribution is 6.63. The van der Waals surface area contributed by atoms with Gasteiger partial charge in [-0.25, -0.2) is 4.63 Å². The molecule has 0 saturated carbocycles. The number of hydrogen-bond acceptors (Lipinski definition) is 10. The molecule has 0 bridgehead atoms. The number of hydrogen-bond donors (Lipinski definition) is 4. The van der Waals surface area contributed by atoms with Gasteiger partial charge in [0, 0.05) is 16.6 Å². The smallest absolute Gasteiger partial charge is 0.159 e. The number of allylic oxidation sites excluding steroid dienone is 8. The molecule has 10 heteroatoms. The fourth-order valence-corrected chi connectivity index (χ4v) is 7.05. The maximum absolute atomic E-state index is 10.4. The monoisotopic (exact) mass is 643 g/mol. The van der Waals surface area contributed by atoms with Crippen LogP contribution in [0.2, 0.25) is 0 Å². The molecule has 0 atom stereocenters. The van der Waals surface area contributed by atoms with Gasteiger partial charge in [-0.1, -0.05) is 97.0 Å². The molecular formula is C39H29N7O3. The topological polar surface area (TPSA) is 155 Å². The molecule has 0 spiro atoms. The van der Waals surface area contributed by atoms with Crippen molar-refractivity contribution in [2.24, 2.45) is 10.3 Å². The highest BCUT2D eigenvalue weighted by Gasteiger charge is 2.36. The third-order valence-corrected chi connectivity index (χ3v) is 9.48. The second-order valence-electron chi connectivity index (χ2n) is 12.5. The Morgan fingerprint density at radius 2 is 1.43 bits per heavy atom. The molecule has 3 aliphatic carbocycles. The van der Waals surface area contributed by atoms with Crippen LogP contribution in [0.3, 0.4) is 0 Å². The first-order chi connectivity index (χ1) is 23.8. The number of aromatic nitrogens is 2. The van der Waals surface area contributed by atoms with Gasteiger partial charge < -0.3 is 15.3 Å². The van der Waals surface area contributed by atoms with E-state index in [4.69, 9.17) is 15.4 Å². The molecule has 0 radical (unpaired) electrons. The lowest BCUT2D eigenvalue weighted by Crippen LogP contribution is -2.37. The Balaban J connectivity index is 1.31. The Morgan fingerprint density at radius 3 is 2.22 bits per heavy atom. The molecule has 0 amide bonds. The third kappa shape index (κ3) is 4.49. The first kappa shape index (κ1) is 29.7. The molecule has 0 saturated heterocycles. The zero-order valence-corrected chi connectivity index (χ0v) is 26.5. The van der Waals surface area contributed by atoms with Crippen LogP contribution >= 0.6 is 0 Å². The Hall–Kier alpha value is -6.68. The van der Waals surface area contributed by atoms with Gasteiger partial charge in [0.1, 0.15) is 16.9 Å².